The molecule has 1 saturated heterocycles. The number of unbranched alkanes of at least 4 members (excludes halogenated alkanes) is 1. The molecule has 0 bridgehead atoms. The maximum atomic E-state index is 13.9. The van der Waals surface area contributed by atoms with Crippen LogP contribution in [0.25, 0.3) is 11.0 Å². The van der Waals surface area contributed by atoms with Gasteiger partial charge in [-0.25, -0.2) is 9.78 Å². The molecule has 8 nitrogen and oxygen atoms in total. The minimum atomic E-state index is -1.04. The lowest BCUT2D eigenvalue weighted by atomic mass is 9.94. The minimum absolute atomic E-state index is 0.0543. The number of anilines is 1. The molecule has 1 aliphatic carbocycles. The highest BCUT2D eigenvalue weighted by Gasteiger charge is 2.36. The lowest BCUT2D eigenvalue weighted by Gasteiger charge is -2.38. The van der Waals surface area contributed by atoms with Crippen molar-refractivity contribution >= 4 is 22.8 Å². The standard InChI is InChI=1S/C31H48N4O4/c1-4-5-19-39-31(38)27(21-36)33-29-30(37)35(28-16-12-11-15-26(28)32-29)23(3)20-25-18-17-22(2)34(25)24-13-9-7-6-8-10-14-24/h11-12,15-16,22-25,27,36H,4-10,13-14,17-21H2,1-3H3,(H,32,33)/t22?,23-,25+,27+/m1/s1. The van der Waals surface area contributed by atoms with Gasteiger partial charge in [-0.3, -0.25) is 9.69 Å². The fraction of sp³-hybridized carbons (Fsp3) is 0.710. The molecule has 2 fully saturated rings. The SMILES string of the molecule is CCCCOC(=O)[C@H](CO)Nc1nc2ccccc2n([C@H](C)C[C@@H]2CCC(C)N2C2CCCCCCC2)c1=O. The minimum Gasteiger partial charge on any atom is -0.464 e. The van der Waals surface area contributed by atoms with E-state index in [1.807, 2.05) is 35.8 Å². The first-order chi connectivity index (χ1) is 18.9. The smallest absolute Gasteiger partial charge is 0.331 e. The summed E-state index contributed by atoms with van der Waals surface area (Å²) in [5.74, 6) is -0.501. The van der Waals surface area contributed by atoms with E-state index in [1.165, 1.54) is 51.4 Å². The number of esters is 1. The summed E-state index contributed by atoms with van der Waals surface area (Å²) < 4.78 is 7.13. The number of rotatable bonds is 11. The summed E-state index contributed by atoms with van der Waals surface area (Å²) >= 11 is 0. The lowest BCUT2D eigenvalue weighted by molar-refractivity contribution is -0.145. The van der Waals surface area contributed by atoms with Crippen LogP contribution in [0.2, 0.25) is 0 Å². The highest BCUT2D eigenvalue weighted by molar-refractivity contribution is 5.80. The molecule has 2 heterocycles. The van der Waals surface area contributed by atoms with E-state index < -0.39 is 18.6 Å². The van der Waals surface area contributed by atoms with E-state index in [2.05, 4.69) is 29.0 Å². The molecule has 8 heteroatoms. The van der Waals surface area contributed by atoms with Gasteiger partial charge in [0, 0.05) is 24.2 Å². The van der Waals surface area contributed by atoms with Crippen molar-refractivity contribution in [2.24, 2.45) is 0 Å². The zero-order valence-electron chi connectivity index (χ0n) is 24.1. The van der Waals surface area contributed by atoms with Crippen molar-refractivity contribution in [3.8, 4) is 0 Å². The maximum absolute atomic E-state index is 13.9. The van der Waals surface area contributed by atoms with E-state index in [9.17, 15) is 14.7 Å². The normalized spacial score (nSPS) is 22.8. The number of aliphatic hydroxyl groups excluding tert-OH is 1. The van der Waals surface area contributed by atoms with E-state index in [-0.39, 0.29) is 24.0 Å². The first-order valence-electron chi connectivity index (χ1n) is 15.3. The third-order valence-electron chi connectivity index (χ3n) is 8.71. The summed E-state index contributed by atoms with van der Waals surface area (Å²) in [6.07, 6.45) is 14.1. The fourth-order valence-corrected chi connectivity index (χ4v) is 6.67. The van der Waals surface area contributed by atoms with Gasteiger partial charge in [0.1, 0.15) is 6.04 Å². The molecule has 0 spiro atoms. The number of para-hydroxylation sites is 2. The van der Waals surface area contributed by atoms with Gasteiger partial charge in [-0.05, 0) is 64.5 Å². The van der Waals surface area contributed by atoms with Crippen molar-refractivity contribution in [1.82, 2.24) is 14.5 Å². The zero-order chi connectivity index (χ0) is 27.8. The van der Waals surface area contributed by atoms with Crippen molar-refractivity contribution in [3.05, 3.63) is 34.6 Å². The number of fused-ring (bicyclic) bond motifs is 1. The summed E-state index contributed by atoms with van der Waals surface area (Å²) in [5.41, 5.74) is 1.19. The Kier molecular flexibility index (Phi) is 10.8. The van der Waals surface area contributed by atoms with Gasteiger partial charge in [0.15, 0.2) is 5.82 Å². The summed E-state index contributed by atoms with van der Waals surface area (Å²) in [7, 11) is 0. The number of benzene rings is 1. The van der Waals surface area contributed by atoms with E-state index in [0.29, 0.717) is 23.6 Å². The Bertz CT molecular complexity index is 1130. The second-order valence-corrected chi connectivity index (χ2v) is 11.6. The second-order valence-electron chi connectivity index (χ2n) is 11.6. The fourth-order valence-electron chi connectivity index (χ4n) is 6.67. The number of nitrogens with one attached hydrogen (secondary N) is 1. The molecule has 1 aromatic carbocycles. The number of ether oxygens (including phenoxy) is 1. The van der Waals surface area contributed by atoms with Crippen LogP contribution in [-0.2, 0) is 9.53 Å². The number of aliphatic hydroxyl groups is 1. The Labute approximate surface area is 233 Å². The number of hydrogen-bond donors (Lipinski definition) is 2. The molecule has 1 saturated carbocycles. The van der Waals surface area contributed by atoms with Gasteiger partial charge < -0.3 is 19.7 Å². The van der Waals surface area contributed by atoms with Crippen LogP contribution in [0.1, 0.15) is 104 Å². The number of hydrogen-bond acceptors (Lipinski definition) is 7. The van der Waals surface area contributed by atoms with Crippen LogP contribution < -0.4 is 10.9 Å². The quantitative estimate of drug-likeness (QED) is 0.290. The number of aromatic nitrogens is 2. The average molecular weight is 541 g/mol. The number of carbonyl (C=O) groups excluding carboxylic acids is 1. The van der Waals surface area contributed by atoms with E-state index in [0.717, 1.165) is 31.2 Å². The Hall–Kier alpha value is -2.45. The summed E-state index contributed by atoms with van der Waals surface area (Å²) in [4.78, 5) is 33.8. The molecule has 39 heavy (non-hydrogen) atoms. The highest BCUT2D eigenvalue weighted by Crippen LogP contribution is 2.36. The topological polar surface area (TPSA) is 96.7 Å². The molecular weight excluding hydrogens is 492 g/mol. The van der Waals surface area contributed by atoms with Gasteiger partial charge in [-0.1, -0.05) is 57.6 Å². The maximum Gasteiger partial charge on any atom is 0.331 e. The number of carbonyl (C=O) groups is 1. The molecule has 2 aliphatic rings. The first-order valence-corrected chi connectivity index (χ1v) is 15.3. The van der Waals surface area contributed by atoms with Crippen molar-refractivity contribution in [2.75, 3.05) is 18.5 Å². The van der Waals surface area contributed by atoms with Crippen molar-refractivity contribution < 1.29 is 14.6 Å². The molecule has 0 amide bonds. The van der Waals surface area contributed by atoms with Crippen LogP contribution in [0.15, 0.2) is 29.1 Å². The summed E-state index contributed by atoms with van der Waals surface area (Å²) in [6.45, 7) is 6.32. The van der Waals surface area contributed by atoms with Crippen LogP contribution in [0.4, 0.5) is 5.82 Å². The number of likely N-dealkylation sites (tertiary alicyclic amines) is 1. The first kappa shape index (κ1) is 29.5. The van der Waals surface area contributed by atoms with Crippen molar-refractivity contribution in [2.45, 2.75) is 128 Å². The van der Waals surface area contributed by atoms with Crippen LogP contribution >= 0.6 is 0 Å². The molecule has 2 aromatic rings. The molecule has 4 rings (SSSR count). The molecular formula is C31H48N4O4. The summed E-state index contributed by atoms with van der Waals surface area (Å²) in [5, 5.41) is 12.8. The largest absolute Gasteiger partial charge is 0.464 e. The van der Waals surface area contributed by atoms with E-state index >= 15 is 0 Å². The molecule has 4 atom stereocenters. The third-order valence-corrected chi connectivity index (χ3v) is 8.71. The Morgan fingerprint density at radius 2 is 1.85 bits per heavy atom. The van der Waals surface area contributed by atoms with Crippen LogP contribution in [-0.4, -0.2) is 62.9 Å². The van der Waals surface area contributed by atoms with Gasteiger partial charge in [-0.15, -0.1) is 0 Å². The lowest BCUT2D eigenvalue weighted by Crippen LogP contribution is -2.44. The Morgan fingerprint density at radius 3 is 2.56 bits per heavy atom. The molecule has 1 aromatic heterocycles. The van der Waals surface area contributed by atoms with Gasteiger partial charge >= 0.3 is 5.97 Å². The van der Waals surface area contributed by atoms with Gasteiger partial charge in [-0.2, -0.15) is 0 Å². The Morgan fingerprint density at radius 1 is 1.13 bits per heavy atom. The molecule has 1 aliphatic heterocycles. The average Bonchev–Trinajstić information content (AvgIpc) is 3.26. The van der Waals surface area contributed by atoms with Gasteiger partial charge in [0.25, 0.3) is 5.56 Å². The zero-order valence-corrected chi connectivity index (χ0v) is 24.1. The molecule has 2 N–H and O–H groups in total. The van der Waals surface area contributed by atoms with Crippen LogP contribution in [0.5, 0.6) is 0 Å². The highest BCUT2D eigenvalue weighted by atomic mass is 16.5. The van der Waals surface area contributed by atoms with Gasteiger partial charge in [0.2, 0.25) is 0 Å². The predicted octanol–water partition coefficient (Wildman–Crippen LogP) is 5.43. The number of nitrogens with zero attached hydrogens (tertiary/aromatic N) is 3. The monoisotopic (exact) mass is 540 g/mol. The van der Waals surface area contributed by atoms with E-state index in [4.69, 9.17) is 4.74 Å². The van der Waals surface area contributed by atoms with Crippen LogP contribution in [0.3, 0.4) is 0 Å². The molecule has 1 unspecified atom stereocenters. The summed E-state index contributed by atoms with van der Waals surface area (Å²) in [6, 6.07) is 8.19. The van der Waals surface area contributed by atoms with Crippen molar-refractivity contribution in [1.29, 1.82) is 0 Å². The van der Waals surface area contributed by atoms with E-state index in [1.54, 1.807) is 0 Å². The van der Waals surface area contributed by atoms with Crippen molar-refractivity contribution in [3.63, 3.8) is 0 Å². The van der Waals surface area contributed by atoms with Crippen LogP contribution in [0, 0.1) is 0 Å². The van der Waals surface area contributed by atoms with Gasteiger partial charge in [0.05, 0.1) is 24.2 Å². The Balaban J connectivity index is 1.59. The third kappa shape index (κ3) is 7.20. The molecule has 216 valence electrons. The molecule has 0 radical (unpaired) electrons. The second kappa shape index (κ2) is 14.3. The predicted molar refractivity (Wildman–Crippen MR) is 156 cm³/mol.